The number of carbonyl (C=O) groups excluding carboxylic acids is 2. The summed E-state index contributed by atoms with van der Waals surface area (Å²) in [6.07, 6.45) is 0.796. The van der Waals surface area contributed by atoms with Crippen molar-refractivity contribution in [2.75, 3.05) is 27.2 Å². The van der Waals surface area contributed by atoms with E-state index in [0.29, 0.717) is 11.8 Å². The fourth-order valence-corrected chi connectivity index (χ4v) is 2.82. The van der Waals surface area contributed by atoms with E-state index in [1.807, 2.05) is 6.92 Å². The first-order valence-electron chi connectivity index (χ1n) is 8.96. The first-order valence-corrected chi connectivity index (χ1v) is 8.96. The molecular weight excluding hydrogens is 306 g/mol. The van der Waals surface area contributed by atoms with Crippen molar-refractivity contribution < 1.29 is 14.7 Å². The Labute approximate surface area is 147 Å². The van der Waals surface area contributed by atoms with Crippen LogP contribution < -0.4 is 10.6 Å². The Balaban J connectivity index is 4.30. The van der Waals surface area contributed by atoms with Crippen LogP contribution in [0.25, 0.3) is 0 Å². The zero-order chi connectivity index (χ0) is 18.9. The van der Waals surface area contributed by atoms with Gasteiger partial charge < -0.3 is 20.6 Å². The maximum atomic E-state index is 12.2. The van der Waals surface area contributed by atoms with Crippen LogP contribution in [-0.2, 0) is 9.59 Å². The molecule has 0 aliphatic heterocycles. The Morgan fingerprint density at radius 1 is 1.04 bits per heavy atom. The average Bonchev–Trinajstić information content (AvgIpc) is 2.48. The topological polar surface area (TPSA) is 81.7 Å². The zero-order valence-electron chi connectivity index (χ0n) is 16.4. The summed E-state index contributed by atoms with van der Waals surface area (Å²) in [5.41, 5.74) is 0. The minimum absolute atomic E-state index is 0.0296. The number of hydrogen-bond acceptors (Lipinski definition) is 4. The van der Waals surface area contributed by atoms with Crippen LogP contribution in [-0.4, -0.2) is 61.2 Å². The molecule has 0 aliphatic rings. The predicted octanol–water partition coefficient (Wildman–Crippen LogP) is 1.24. The van der Waals surface area contributed by atoms with E-state index in [2.05, 4.69) is 38.3 Å². The number of carbonyl (C=O) groups is 2. The Morgan fingerprint density at radius 3 is 2.04 bits per heavy atom. The molecule has 2 amide bonds. The Hall–Kier alpha value is -1.14. The molecule has 3 N–H and O–H groups in total. The number of amides is 2. The highest BCUT2D eigenvalue weighted by Gasteiger charge is 2.22. The molecule has 0 bridgehead atoms. The molecule has 0 saturated carbocycles. The minimum atomic E-state index is -0.772. The Bertz CT molecular complexity index is 386. The van der Waals surface area contributed by atoms with E-state index in [1.165, 1.54) is 0 Å². The molecule has 0 spiro atoms. The van der Waals surface area contributed by atoms with Gasteiger partial charge in [0.05, 0.1) is 12.1 Å². The van der Waals surface area contributed by atoms with Crippen LogP contribution in [0.2, 0.25) is 0 Å². The fourth-order valence-electron chi connectivity index (χ4n) is 2.82. The van der Waals surface area contributed by atoms with Gasteiger partial charge in [0.2, 0.25) is 11.8 Å². The van der Waals surface area contributed by atoms with Gasteiger partial charge in [0.1, 0.15) is 0 Å². The molecule has 0 rings (SSSR count). The molecule has 0 radical (unpaired) electrons. The number of hydrogen-bond donors (Lipinski definition) is 3. The SMILES string of the molecule is CN[C@@H](CC(C)C)C(=O)NCC(O)CN(C)C(=O)[C@@H](C)CC(C)C. The quantitative estimate of drug-likeness (QED) is 0.527. The molecule has 0 aromatic heterocycles. The molecule has 0 aromatic rings. The van der Waals surface area contributed by atoms with Crippen molar-refractivity contribution in [3.8, 4) is 0 Å². The number of likely N-dealkylation sites (N-methyl/N-ethyl adjacent to an activating group) is 2. The van der Waals surface area contributed by atoms with Gasteiger partial charge >= 0.3 is 0 Å². The van der Waals surface area contributed by atoms with E-state index in [-0.39, 0.29) is 36.9 Å². The highest BCUT2D eigenvalue weighted by Crippen LogP contribution is 2.13. The van der Waals surface area contributed by atoms with Crippen molar-refractivity contribution in [2.45, 2.75) is 59.6 Å². The van der Waals surface area contributed by atoms with Gasteiger partial charge in [0, 0.05) is 26.1 Å². The molecule has 142 valence electrons. The van der Waals surface area contributed by atoms with Crippen LogP contribution in [0.15, 0.2) is 0 Å². The first kappa shape index (κ1) is 22.9. The van der Waals surface area contributed by atoms with Gasteiger partial charge in [-0.2, -0.15) is 0 Å². The van der Waals surface area contributed by atoms with Gasteiger partial charge in [-0.3, -0.25) is 9.59 Å². The summed E-state index contributed by atoms with van der Waals surface area (Å²) in [6.45, 7) is 10.6. The van der Waals surface area contributed by atoms with E-state index >= 15 is 0 Å². The second-order valence-electron chi connectivity index (χ2n) is 7.62. The summed E-state index contributed by atoms with van der Waals surface area (Å²) in [7, 11) is 3.45. The molecule has 3 atom stereocenters. The van der Waals surface area contributed by atoms with Crippen LogP contribution in [0.1, 0.15) is 47.5 Å². The third kappa shape index (κ3) is 9.23. The molecule has 0 heterocycles. The third-order valence-corrected chi connectivity index (χ3v) is 3.99. The molecule has 6 nitrogen and oxygen atoms in total. The lowest BCUT2D eigenvalue weighted by atomic mass is 9.98. The van der Waals surface area contributed by atoms with Crippen molar-refractivity contribution in [3.63, 3.8) is 0 Å². The zero-order valence-corrected chi connectivity index (χ0v) is 16.4. The lowest BCUT2D eigenvalue weighted by molar-refractivity contribution is -0.135. The number of aliphatic hydroxyl groups excluding tert-OH is 1. The van der Waals surface area contributed by atoms with E-state index in [4.69, 9.17) is 0 Å². The lowest BCUT2D eigenvalue weighted by Crippen LogP contribution is -2.48. The van der Waals surface area contributed by atoms with E-state index in [0.717, 1.165) is 12.8 Å². The summed E-state index contributed by atoms with van der Waals surface area (Å²) < 4.78 is 0. The van der Waals surface area contributed by atoms with Crippen LogP contribution in [0.3, 0.4) is 0 Å². The van der Waals surface area contributed by atoms with E-state index < -0.39 is 6.10 Å². The first-order chi connectivity index (χ1) is 11.1. The standard InChI is InChI=1S/C18H37N3O3/c1-12(2)8-14(5)18(24)21(7)11-15(22)10-20-17(23)16(19-6)9-13(3)4/h12-16,19,22H,8-11H2,1-7H3,(H,20,23)/t14-,15?,16-/m0/s1. The van der Waals surface area contributed by atoms with Gasteiger partial charge in [-0.25, -0.2) is 0 Å². The maximum Gasteiger partial charge on any atom is 0.237 e. The average molecular weight is 344 g/mol. The Kier molecular flexibility index (Phi) is 10.9. The van der Waals surface area contributed by atoms with E-state index in [1.54, 1.807) is 19.0 Å². The molecule has 0 saturated heterocycles. The van der Waals surface area contributed by atoms with Crippen LogP contribution in [0.4, 0.5) is 0 Å². The number of rotatable bonds is 11. The largest absolute Gasteiger partial charge is 0.389 e. The van der Waals surface area contributed by atoms with Gasteiger partial charge in [-0.1, -0.05) is 34.6 Å². The Morgan fingerprint density at radius 2 is 1.58 bits per heavy atom. The highest BCUT2D eigenvalue weighted by atomic mass is 16.3. The van der Waals surface area contributed by atoms with Crippen LogP contribution >= 0.6 is 0 Å². The summed E-state index contributed by atoms with van der Waals surface area (Å²) in [5.74, 6) is 0.719. The fraction of sp³-hybridized carbons (Fsp3) is 0.889. The molecule has 0 aromatic carbocycles. The molecule has 6 heteroatoms. The smallest absolute Gasteiger partial charge is 0.237 e. The van der Waals surface area contributed by atoms with Gasteiger partial charge in [-0.15, -0.1) is 0 Å². The normalized spacial score (nSPS) is 15.2. The third-order valence-electron chi connectivity index (χ3n) is 3.99. The summed E-state index contributed by atoms with van der Waals surface area (Å²) in [4.78, 5) is 25.9. The molecular formula is C18H37N3O3. The van der Waals surface area contributed by atoms with Gasteiger partial charge in [0.25, 0.3) is 0 Å². The van der Waals surface area contributed by atoms with Gasteiger partial charge in [0.15, 0.2) is 0 Å². The van der Waals surface area contributed by atoms with Crippen molar-refractivity contribution >= 4 is 11.8 Å². The number of nitrogens with zero attached hydrogens (tertiary/aromatic N) is 1. The van der Waals surface area contributed by atoms with Crippen LogP contribution in [0, 0.1) is 17.8 Å². The summed E-state index contributed by atoms with van der Waals surface area (Å²) in [5, 5.41) is 15.8. The molecule has 1 unspecified atom stereocenters. The minimum Gasteiger partial charge on any atom is -0.389 e. The second-order valence-corrected chi connectivity index (χ2v) is 7.62. The summed E-state index contributed by atoms with van der Waals surface area (Å²) >= 11 is 0. The van der Waals surface area contributed by atoms with Crippen LogP contribution in [0.5, 0.6) is 0 Å². The molecule has 0 aliphatic carbocycles. The van der Waals surface area contributed by atoms with Crippen molar-refractivity contribution in [2.24, 2.45) is 17.8 Å². The van der Waals surface area contributed by atoms with Crippen molar-refractivity contribution in [1.29, 1.82) is 0 Å². The lowest BCUT2D eigenvalue weighted by Gasteiger charge is -2.25. The molecule has 24 heavy (non-hydrogen) atoms. The van der Waals surface area contributed by atoms with E-state index in [9.17, 15) is 14.7 Å². The monoisotopic (exact) mass is 343 g/mol. The maximum absolute atomic E-state index is 12.2. The van der Waals surface area contributed by atoms with Crippen molar-refractivity contribution in [1.82, 2.24) is 15.5 Å². The number of nitrogens with one attached hydrogen (secondary N) is 2. The molecule has 0 fully saturated rings. The van der Waals surface area contributed by atoms with Crippen molar-refractivity contribution in [3.05, 3.63) is 0 Å². The second kappa shape index (κ2) is 11.4. The van der Waals surface area contributed by atoms with Gasteiger partial charge in [-0.05, 0) is 31.7 Å². The summed E-state index contributed by atoms with van der Waals surface area (Å²) in [6, 6.07) is -0.261. The highest BCUT2D eigenvalue weighted by molar-refractivity contribution is 5.81. The number of aliphatic hydroxyl groups is 1. The predicted molar refractivity (Wildman–Crippen MR) is 97.6 cm³/mol.